The first kappa shape index (κ1) is 7.87. The van der Waals surface area contributed by atoms with Gasteiger partial charge in [-0.05, 0) is 17.4 Å². The second kappa shape index (κ2) is 2.94. The normalized spacial score (nSPS) is 27.8. The van der Waals surface area contributed by atoms with Gasteiger partial charge < -0.3 is 0 Å². The van der Waals surface area contributed by atoms with Gasteiger partial charge >= 0.3 is 0 Å². The van der Waals surface area contributed by atoms with E-state index < -0.39 is 0 Å². The van der Waals surface area contributed by atoms with E-state index in [2.05, 4.69) is 12.6 Å². The highest BCUT2D eigenvalue weighted by Crippen LogP contribution is 2.32. The van der Waals surface area contributed by atoms with E-state index in [-0.39, 0.29) is 5.78 Å². The lowest BCUT2D eigenvalue weighted by Gasteiger charge is -2.22. The molecular weight excluding hydrogens is 168 g/mol. The Balaban J connectivity index is 2.31. The maximum atomic E-state index is 11.0. The summed E-state index contributed by atoms with van der Waals surface area (Å²) < 4.78 is 0. The van der Waals surface area contributed by atoms with Crippen LogP contribution in [-0.4, -0.2) is 5.78 Å². The molecule has 2 aliphatic carbocycles. The van der Waals surface area contributed by atoms with Gasteiger partial charge in [0.25, 0.3) is 0 Å². The van der Waals surface area contributed by atoms with Crippen molar-refractivity contribution in [3.05, 3.63) is 34.8 Å². The molecule has 1 nitrogen and oxygen atoms in total. The molecule has 0 amide bonds. The zero-order valence-electron chi connectivity index (χ0n) is 6.66. The predicted octanol–water partition coefficient (Wildman–Crippen LogP) is 2.28. The summed E-state index contributed by atoms with van der Waals surface area (Å²) >= 11 is 4.30. The van der Waals surface area contributed by atoms with Crippen LogP contribution in [0.3, 0.4) is 0 Å². The average molecular weight is 178 g/mol. The second-order valence-corrected chi connectivity index (χ2v) is 3.79. The van der Waals surface area contributed by atoms with Gasteiger partial charge in [0, 0.05) is 12.3 Å². The van der Waals surface area contributed by atoms with Crippen molar-refractivity contribution in [1.82, 2.24) is 0 Å². The summed E-state index contributed by atoms with van der Waals surface area (Å²) in [6, 6.07) is 0. The Morgan fingerprint density at radius 1 is 1.42 bits per heavy atom. The van der Waals surface area contributed by atoms with Crippen molar-refractivity contribution < 1.29 is 4.79 Å². The van der Waals surface area contributed by atoms with E-state index in [1.165, 1.54) is 5.57 Å². The van der Waals surface area contributed by atoms with Gasteiger partial charge in [0.1, 0.15) is 0 Å². The van der Waals surface area contributed by atoms with Crippen LogP contribution in [0.15, 0.2) is 34.8 Å². The van der Waals surface area contributed by atoms with Crippen LogP contribution in [-0.2, 0) is 4.79 Å². The first-order valence-corrected chi connectivity index (χ1v) is 4.50. The van der Waals surface area contributed by atoms with Gasteiger partial charge in [-0.25, -0.2) is 0 Å². The van der Waals surface area contributed by atoms with Gasteiger partial charge in [-0.2, -0.15) is 0 Å². The Bertz CT molecular complexity index is 310. The van der Waals surface area contributed by atoms with Crippen LogP contribution < -0.4 is 0 Å². The summed E-state index contributed by atoms with van der Waals surface area (Å²) in [5.41, 5.74) is 1.24. The third-order valence-corrected chi connectivity index (χ3v) is 2.62. The lowest BCUT2D eigenvalue weighted by atomic mass is 9.84. The third kappa shape index (κ3) is 1.39. The zero-order chi connectivity index (χ0) is 8.55. The number of thiol groups is 1. The van der Waals surface area contributed by atoms with Crippen LogP contribution in [0.1, 0.15) is 12.8 Å². The molecule has 1 unspecified atom stereocenters. The number of carbonyl (C=O) groups is 1. The van der Waals surface area contributed by atoms with Crippen molar-refractivity contribution in [2.45, 2.75) is 12.8 Å². The highest BCUT2D eigenvalue weighted by Gasteiger charge is 2.20. The van der Waals surface area contributed by atoms with E-state index >= 15 is 0 Å². The second-order valence-electron chi connectivity index (χ2n) is 3.21. The summed E-state index contributed by atoms with van der Waals surface area (Å²) in [7, 11) is 0. The first-order chi connectivity index (χ1) is 5.75. The van der Waals surface area contributed by atoms with E-state index in [9.17, 15) is 4.79 Å². The maximum Gasteiger partial charge on any atom is 0.159 e. The Kier molecular flexibility index (Phi) is 1.93. The van der Waals surface area contributed by atoms with E-state index in [0.29, 0.717) is 12.3 Å². The fourth-order valence-electron chi connectivity index (χ4n) is 1.62. The lowest BCUT2D eigenvalue weighted by Crippen LogP contribution is -2.13. The van der Waals surface area contributed by atoms with Crippen molar-refractivity contribution in [3.8, 4) is 0 Å². The number of rotatable bonds is 0. The van der Waals surface area contributed by atoms with Gasteiger partial charge in [0.15, 0.2) is 5.78 Å². The minimum absolute atomic E-state index is 0.216. The fraction of sp³-hybridized carbons (Fsp3) is 0.300. The monoisotopic (exact) mass is 178 g/mol. The molecule has 0 bridgehead atoms. The quantitative estimate of drug-likeness (QED) is 0.563. The average Bonchev–Trinajstić information content (AvgIpc) is 2.05. The minimum atomic E-state index is 0.216. The van der Waals surface area contributed by atoms with Gasteiger partial charge in [0.2, 0.25) is 0 Å². The Hall–Kier alpha value is -0.760. The highest BCUT2D eigenvalue weighted by atomic mass is 32.1. The molecule has 1 atom stereocenters. The zero-order valence-corrected chi connectivity index (χ0v) is 7.55. The van der Waals surface area contributed by atoms with Gasteiger partial charge in [-0.15, -0.1) is 12.6 Å². The van der Waals surface area contributed by atoms with Gasteiger partial charge in [0.05, 0.1) is 0 Å². The molecule has 0 fully saturated rings. The van der Waals surface area contributed by atoms with Crippen LogP contribution in [0.4, 0.5) is 0 Å². The molecule has 2 heteroatoms. The molecule has 12 heavy (non-hydrogen) atoms. The van der Waals surface area contributed by atoms with E-state index in [4.69, 9.17) is 0 Å². The highest BCUT2D eigenvalue weighted by molar-refractivity contribution is 7.84. The molecule has 62 valence electrons. The van der Waals surface area contributed by atoms with Crippen molar-refractivity contribution in [2.24, 2.45) is 5.92 Å². The van der Waals surface area contributed by atoms with Crippen molar-refractivity contribution in [1.29, 1.82) is 0 Å². The number of ketones is 1. The fourth-order valence-corrected chi connectivity index (χ4v) is 1.89. The SMILES string of the molecule is O=C1C=CC2CC(S)=CC=C2C1. The van der Waals surface area contributed by atoms with Crippen molar-refractivity contribution in [2.75, 3.05) is 0 Å². The molecule has 0 saturated carbocycles. The summed E-state index contributed by atoms with van der Waals surface area (Å²) in [5.74, 6) is 0.647. The van der Waals surface area contributed by atoms with Crippen LogP contribution in [0.25, 0.3) is 0 Å². The van der Waals surface area contributed by atoms with Crippen LogP contribution >= 0.6 is 12.6 Å². The molecule has 2 rings (SSSR count). The van der Waals surface area contributed by atoms with Crippen molar-refractivity contribution in [3.63, 3.8) is 0 Å². The van der Waals surface area contributed by atoms with Gasteiger partial charge in [-0.3, -0.25) is 4.79 Å². The largest absolute Gasteiger partial charge is 0.295 e. The molecule has 0 aromatic heterocycles. The van der Waals surface area contributed by atoms with Crippen molar-refractivity contribution >= 4 is 18.4 Å². The molecule has 0 heterocycles. The van der Waals surface area contributed by atoms with Gasteiger partial charge in [-0.1, -0.05) is 23.8 Å². The molecule has 0 N–H and O–H groups in total. The Morgan fingerprint density at radius 3 is 3.08 bits per heavy atom. The first-order valence-electron chi connectivity index (χ1n) is 4.05. The molecule has 0 aromatic rings. The minimum Gasteiger partial charge on any atom is -0.295 e. The molecule has 0 saturated heterocycles. The smallest absolute Gasteiger partial charge is 0.159 e. The number of hydrogen-bond acceptors (Lipinski definition) is 2. The summed E-state index contributed by atoms with van der Waals surface area (Å²) in [6.07, 6.45) is 9.24. The van der Waals surface area contributed by atoms with E-state index in [0.717, 1.165) is 11.3 Å². The molecule has 0 radical (unpaired) electrons. The molecule has 0 aliphatic heterocycles. The predicted molar refractivity (Wildman–Crippen MR) is 52.0 cm³/mol. The number of hydrogen-bond donors (Lipinski definition) is 1. The van der Waals surface area contributed by atoms with E-state index in [1.54, 1.807) is 6.08 Å². The summed E-state index contributed by atoms with van der Waals surface area (Å²) in [6.45, 7) is 0. The summed E-state index contributed by atoms with van der Waals surface area (Å²) in [4.78, 5) is 12.1. The topological polar surface area (TPSA) is 17.1 Å². The number of carbonyl (C=O) groups excluding carboxylic acids is 1. The molecule has 0 aromatic carbocycles. The Morgan fingerprint density at radius 2 is 2.25 bits per heavy atom. The molecule has 0 spiro atoms. The third-order valence-electron chi connectivity index (χ3n) is 2.29. The Labute approximate surface area is 77.3 Å². The van der Waals surface area contributed by atoms with E-state index in [1.807, 2.05) is 18.2 Å². The van der Waals surface area contributed by atoms with Crippen LogP contribution in [0.5, 0.6) is 0 Å². The van der Waals surface area contributed by atoms with Crippen LogP contribution in [0, 0.1) is 5.92 Å². The number of fused-ring (bicyclic) bond motifs is 1. The molecular formula is C10H10OS. The maximum absolute atomic E-state index is 11.0. The lowest BCUT2D eigenvalue weighted by molar-refractivity contribution is -0.114. The standard InChI is InChI=1S/C10H10OS/c11-9-3-1-8-6-10(12)4-2-7(8)5-9/h1-4,8,12H,5-6H2. The summed E-state index contributed by atoms with van der Waals surface area (Å²) in [5, 5.41) is 0. The number of allylic oxidation sites excluding steroid dienone is 6. The molecule has 2 aliphatic rings. The van der Waals surface area contributed by atoms with Crippen LogP contribution in [0.2, 0.25) is 0 Å².